The Kier molecular flexibility index (Phi) is 6.95. The highest BCUT2D eigenvalue weighted by atomic mass is 16.5. The van der Waals surface area contributed by atoms with Gasteiger partial charge in [0.1, 0.15) is 6.33 Å². The molecule has 6 heteroatoms. The van der Waals surface area contributed by atoms with Gasteiger partial charge in [0.25, 0.3) is 0 Å². The predicted octanol–water partition coefficient (Wildman–Crippen LogP) is 1.88. The normalized spacial score (nSPS) is 12.0. The molecule has 0 amide bonds. The maximum atomic E-state index is 9.20. The summed E-state index contributed by atoms with van der Waals surface area (Å²) in [5.41, 5.74) is 0. The van der Waals surface area contributed by atoms with Crippen molar-refractivity contribution in [3.8, 4) is 5.75 Å². The predicted molar refractivity (Wildman–Crippen MR) is 76.8 cm³/mol. The van der Waals surface area contributed by atoms with Crippen molar-refractivity contribution >= 4 is 11.6 Å². The highest BCUT2D eigenvalue weighted by Gasteiger charge is 2.11. The summed E-state index contributed by atoms with van der Waals surface area (Å²) in [6, 6.07) is 0. The minimum atomic E-state index is -0.268. The van der Waals surface area contributed by atoms with Crippen LogP contribution in [-0.4, -0.2) is 41.4 Å². The number of nitrogens with one attached hydrogen (secondary N) is 2. The first-order chi connectivity index (χ1) is 9.19. The fourth-order valence-corrected chi connectivity index (χ4v) is 1.67. The van der Waals surface area contributed by atoms with Gasteiger partial charge in [0, 0.05) is 13.1 Å². The van der Waals surface area contributed by atoms with Gasteiger partial charge < -0.3 is 20.5 Å². The number of aromatic nitrogens is 2. The molecule has 1 unspecified atom stereocenters. The van der Waals surface area contributed by atoms with Crippen LogP contribution in [0.3, 0.4) is 0 Å². The van der Waals surface area contributed by atoms with Crippen molar-refractivity contribution in [1.82, 2.24) is 9.97 Å². The van der Waals surface area contributed by atoms with Gasteiger partial charge in [-0.15, -0.1) is 0 Å². The Hall–Kier alpha value is -1.56. The lowest BCUT2D eigenvalue weighted by Gasteiger charge is -2.14. The van der Waals surface area contributed by atoms with E-state index in [9.17, 15) is 5.11 Å². The first-order valence-electron chi connectivity index (χ1n) is 6.73. The Balaban J connectivity index is 2.61. The Labute approximate surface area is 114 Å². The molecule has 0 radical (unpaired) electrons. The SMILES string of the molecule is CCCNc1ncnc(NCCCC(C)O)c1OC. The maximum Gasteiger partial charge on any atom is 0.204 e. The maximum absolute atomic E-state index is 9.20. The molecular formula is C13H24N4O2. The smallest absolute Gasteiger partial charge is 0.204 e. The second-order valence-electron chi connectivity index (χ2n) is 4.45. The number of hydrogen-bond donors (Lipinski definition) is 3. The largest absolute Gasteiger partial charge is 0.490 e. The second kappa shape index (κ2) is 8.53. The molecule has 0 saturated heterocycles. The van der Waals surface area contributed by atoms with Crippen molar-refractivity contribution in [3.05, 3.63) is 6.33 Å². The van der Waals surface area contributed by atoms with E-state index in [0.29, 0.717) is 17.4 Å². The molecule has 0 aromatic carbocycles. The first kappa shape index (κ1) is 15.5. The molecule has 0 aliphatic rings. The third-order valence-electron chi connectivity index (χ3n) is 2.64. The summed E-state index contributed by atoms with van der Waals surface area (Å²) in [6.45, 7) is 5.47. The molecular weight excluding hydrogens is 244 g/mol. The van der Waals surface area contributed by atoms with Crippen molar-refractivity contribution in [1.29, 1.82) is 0 Å². The average Bonchev–Trinajstić information content (AvgIpc) is 2.41. The third-order valence-corrected chi connectivity index (χ3v) is 2.64. The van der Waals surface area contributed by atoms with Gasteiger partial charge in [-0.05, 0) is 26.2 Å². The van der Waals surface area contributed by atoms with Crippen molar-refractivity contribution in [2.24, 2.45) is 0 Å². The van der Waals surface area contributed by atoms with E-state index in [0.717, 1.165) is 32.4 Å². The molecule has 0 aliphatic heterocycles. The number of aliphatic hydroxyl groups is 1. The van der Waals surface area contributed by atoms with Crippen LogP contribution in [0.25, 0.3) is 0 Å². The number of rotatable bonds is 9. The van der Waals surface area contributed by atoms with Gasteiger partial charge in [-0.2, -0.15) is 0 Å². The highest BCUT2D eigenvalue weighted by Crippen LogP contribution is 2.28. The highest BCUT2D eigenvalue weighted by molar-refractivity contribution is 5.63. The zero-order valence-corrected chi connectivity index (χ0v) is 11.9. The summed E-state index contributed by atoms with van der Waals surface area (Å²) in [7, 11) is 1.61. The molecule has 3 N–H and O–H groups in total. The van der Waals surface area contributed by atoms with Crippen molar-refractivity contribution < 1.29 is 9.84 Å². The molecule has 1 atom stereocenters. The minimum Gasteiger partial charge on any atom is -0.490 e. The minimum absolute atomic E-state index is 0.268. The summed E-state index contributed by atoms with van der Waals surface area (Å²) in [6.07, 6.45) is 3.90. The van der Waals surface area contributed by atoms with Gasteiger partial charge in [-0.1, -0.05) is 6.92 Å². The van der Waals surface area contributed by atoms with E-state index in [4.69, 9.17) is 4.74 Å². The fraction of sp³-hybridized carbons (Fsp3) is 0.692. The molecule has 6 nitrogen and oxygen atoms in total. The van der Waals surface area contributed by atoms with Crippen molar-refractivity contribution in [3.63, 3.8) is 0 Å². The Morgan fingerprint density at radius 2 is 1.89 bits per heavy atom. The topological polar surface area (TPSA) is 79.3 Å². The number of aliphatic hydroxyl groups excluding tert-OH is 1. The van der Waals surface area contributed by atoms with Crippen LogP contribution in [0.1, 0.15) is 33.1 Å². The van der Waals surface area contributed by atoms with Crippen LogP contribution in [0, 0.1) is 0 Å². The number of anilines is 2. The number of nitrogens with zero attached hydrogens (tertiary/aromatic N) is 2. The van der Waals surface area contributed by atoms with Gasteiger partial charge >= 0.3 is 0 Å². The average molecular weight is 268 g/mol. The second-order valence-corrected chi connectivity index (χ2v) is 4.45. The first-order valence-corrected chi connectivity index (χ1v) is 6.73. The Bertz CT molecular complexity index is 372. The molecule has 1 aromatic rings. The van der Waals surface area contributed by atoms with Gasteiger partial charge in [0.05, 0.1) is 13.2 Å². The van der Waals surface area contributed by atoms with E-state index < -0.39 is 0 Å². The molecule has 1 rings (SSSR count). The Morgan fingerprint density at radius 1 is 1.26 bits per heavy atom. The number of hydrogen-bond acceptors (Lipinski definition) is 6. The van der Waals surface area contributed by atoms with Gasteiger partial charge in [0.2, 0.25) is 5.75 Å². The van der Waals surface area contributed by atoms with Crippen LogP contribution in [0.15, 0.2) is 6.33 Å². The van der Waals surface area contributed by atoms with Crippen LogP contribution < -0.4 is 15.4 Å². The van der Waals surface area contributed by atoms with Crippen molar-refractivity contribution in [2.75, 3.05) is 30.8 Å². The molecule has 0 bridgehead atoms. The van der Waals surface area contributed by atoms with E-state index in [1.54, 1.807) is 14.0 Å². The van der Waals surface area contributed by atoms with Crippen LogP contribution in [-0.2, 0) is 0 Å². The lowest BCUT2D eigenvalue weighted by atomic mass is 10.2. The van der Waals surface area contributed by atoms with Crippen LogP contribution in [0.4, 0.5) is 11.6 Å². The standard InChI is InChI=1S/C13H24N4O2/c1-4-7-14-12-11(19-3)13(17-9-16-12)15-8-5-6-10(2)18/h9-10,18H,4-8H2,1-3H3,(H2,14,15,16,17). The quantitative estimate of drug-likeness (QED) is 0.593. The number of ether oxygens (including phenoxy) is 1. The molecule has 1 heterocycles. The fourth-order valence-electron chi connectivity index (χ4n) is 1.67. The summed E-state index contributed by atoms with van der Waals surface area (Å²) in [5, 5.41) is 15.6. The number of methoxy groups -OCH3 is 1. The van der Waals surface area contributed by atoms with E-state index in [1.807, 2.05) is 0 Å². The summed E-state index contributed by atoms with van der Waals surface area (Å²) in [4.78, 5) is 8.36. The van der Waals surface area contributed by atoms with Crippen LogP contribution in [0.2, 0.25) is 0 Å². The van der Waals surface area contributed by atoms with Gasteiger partial charge in [-0.3, -0.25) is 0 Å². The van der Waals surface area contributed by atoms with E-state index in [1.165, 1.54) is 6.33 Å². The lowest BCUT2D eigenvalue weighted by molar-refractivity contribution is 0.183. The van der Waals surface area contributed by atoms with Crippen molar-refractivity contribution in [2.45, 2.75) is 39.2 Å². The molecule has 0 aliphatic carbocycles. The molecule has 0 saturated carbocycles. The molecule has 0 fully saturated rings. The third kappa shape index (κ3) is 5.30. The Morgan fingerprint density at radius 3 is 2.42 bits per heavy atom. The van der Waals surface area contributed by atoms with Crippen LogP contribution >= 0.6 is 0 Å². The lowest BCUT2D eigenvalue weighted by Crippen LogP contribution is -2.11. The zero-order chi connectivity index (χ0) is 14.1. The zero-order valence-electron chi connectivity index (χ0n) is 11.9. The van der Waals surface area contributed by atoms with Crippen LogP contribution in [0.5, 0.6) is 5.75 Å². The van der Waals surface area contributed by atoms with Gasteiger partial charge in [0.15, 0.2) is 11.6 Å². The summed E-state index contributed by atoms with van der Waals surface area (Å²) < 4.78 is 5.35. The monoisotopic (exact) mass is 268 g/mol. The molecule has 0 spiro atoms. The molecule has 1 aromatic heterocycles. The summed E-state index contributed by atoms with van der Waals surface area (Å²) in [5.74, 6) is 2.02. The molecule has 19 heavy (non-hydrogen) atoms. The summed E-state index contributed by atoms with van der Waals surface area (Å²) >= 11 is 0. The molecule has 108 valence electrons. The van der Waals surface area contributed by atoms with E-state index >= 15 is 0 Å². The van der Waals surface area contributed by atoms with E-state index in [-0.39, 0.29) is 6.10 Å². The van der Waals surface area contributed by atoms with E-state index in [2.05, 4.69) is 27.5 Å². The van der Waals surface area contributed by atoms with Gasteiger partial charge in [-0.25, -0.2) is 9.97 Å².